The van der Waals surface area contributed by atoms with Gasteiger partial charge in [0.1, 0.15) is 0 Å². The molecule has 1 heteroatoms. The molecule has 0 fully saturated rings. The van der Waals surface area contributed by atoms with E-state index in [2.05, 4.69) is 67.6 Å². The van der Waals surface area contributed by atoms with Crippen molar-refractivity contribution >= 4 is 5.69 Å². The van der Waals surface area contributed by atoms with Crippen LogP contribution in [-0.4, -0.2) is 0 Å². The molecule has 2 N–H and O–H groups in total. The Morgan fingerprint density at radius 3 is 2.39 bits per heavy atom. The van der Waals surface area contributed by atoms with Crippen molar-refractivity contribution in [3.05, 3.63) is 88.5 Å². The average molecular weight is 299 g/mol. The predicted octanol–water partition coefficient (Wildman–Crippen LogP) is 4.93. The number of aryl methyl sites for hydroxylation is 3. The summed E-state index contributed by atoms with van der Waals surface area (Å²) in [5, 5.41) is 0. The van der Waals surface area contributed by atoms with Gasteiger partial charge in [-0.1, -0.05) is 60.7 Å². The van der Waals surface area contributed by atoms with Crippen LogP contribution in [0, 0.1) is 6.92 Å². The van der Waals surface area contributed by atoms with Crippen molar-refractivity contribution < 1.29 is 0 Å². The third-order valence-corrected chi connectivity index (χ3v) is 5.05. The second kappa shape index (κ2) is 5.58. The molecule has 0 aliphatic heterocycles. The summed E-state index contributed by atoms with van der Waals surface area (Å²) in [5.74, 6) is 0. The van der Waals surface area contributed by atoms with Crippen LogP contribution in [0.5, 0.6) is 0 Å². The van der Waals surface area contributed by atoms with E-state index >= 15 is 0 Å². The van der Waals surface area contributed by atoms with Gasteiger partial charge in [-0.3, -0.25) is 0 Å². The Morgan fingerprint density at radius 2 is 1.52 bits per heavy atom. The molecule has 23 heavy (non-hydrogen) atoms. The van der Waals surface area contributed by atoms with Crippen LogP contribution in [0.2, 0.25) is 0 Å². The van der Waals surface area contributed by atoms with Gasteiger partial charge in [-0.25, -0.2) is 0 Å². The minimum atomic E-state index is 0.968. The quantitative estimate of drug-likeness (QED) is 0.533. The van der Waals surface area contributed by atoms with E-state index in [1.165, 1.54) is 38.9 Å². The van der Waals surface area contributed by atoms with Crippen molar-refractivity contribution in [3.8, 4) is 11.1 Å². The van der Waals surface area contributed by atoms with E-state index in [1.54, 1.807) is 0 Å². The minimum absolute atomic E-state index is 0.968. The molecule has 3 aromatic rings. The first-order valence-electron chi connectivity index (χ1n) is 8.27. The van der Waals surface area contributed by atoms with E-state index in [0.717, 1.165) is 24.9 Å². The standard InChI is InChI=1S/C22H21N/c1-15-6-2-3-7-16(15)10-11-17-12-13-20-19-9-5-4-8-18(19)14-21(20)22(17)23/h2-9,12-13H,10-11,14,23H2,1H3. The van der Waals surface area contributed by atoms with Crippen molar-refractivity contribution in [3.63, 3.8) is 0 Å². The zero-order chi connectivity index (χ0) is 15.8. The maximum absolute atomic E-state index is 6.52. The van der Waals surface area contributed by atoms with Gasteiger partial charge < -0.3 is 5.73 Å². The predicted molar refractivity (Wildman–Crippen MR) is 97.7 cm³/mol. The highest BCUT2D eigenvalue weighted by Crippen LogP contribution is 2.40. The number of anilines is 1. The second-order valence-corrected chi connectivity index (χ2v) is 6.42. The molecule has 0 radical (unpaired) electrons. The second-order valence-electron chi connectivity index (χ2n) is 6.42. The molecule has 1 nitrogen and oxygen atoms in total. The highest BCUT2D eigenvalue weighted by Gasteiger charge is 2.21. The van der Waals surface area contributed by atoms with Crippen molar-refractivity contribution in [2.75, 3.05) is 5.73 Å². The van der Waals surface area contributed by atoms with Crippen molar-refractivity contribution in [1.29, 1.82) is 0 Å². The van der Waals surface area contributed by atoms with Crippen molar-refractivity contribution in [2.24, 2.45) is 0 Å². The topological polar surface area (TPSA) is 26.0 Å². The van der Waals surface area contributed by atoms with Crippen LogP contribution in [0.3, 0.4) is 0 Å². The highest BCUT2D eigenvalue weighted by molar-refractivity contribution is 5.82. The molecular formula is C22H21N. The summed E-state index contributed by atoms with van der Waals surface area (Å²) < 4.78 is 0. The number of hydrogen-bond acceptors (Lipinski definition) is 1. The Kier molecular flexibility index (Phi) is 3.42. The Bertz CT molecular complexity index is 877. The lowest BCUT2D eigenvalue weighted by Gasteiger charge is -2.12. The molecule has 4 rings (SSSR count). The van der Waals surface area contributed by atoms with Crippen LogP contribution in [0.1, 0.15) is 27.8 Å². The number of rotatable bonds is 3. The molecule has 114 valence electrons. The fraction of sp³-hybridized carbons (Fsp3) is 0.182. The van der Waals surface area contributed by atoms with E-state index < -0.39 is 0 Å². The molecule has 0 saturated carbocycles. The van der Waals surface area contributed by atoms with Crippen LogP contribution in [-0.2, 0) is 19.3 Å². The zero-order valence-electron chi connectivity index (χ0n) is 13.5. The Hall–Kier alpha value is -2.54. The summed E-state index contributed by atoms with van der Waals surface area (Å²) in [5.41, 5.74) is 16.9. The lowest BCUT2D eigenvalue weighted by atomic mass is 9.95. The third kappa shape index (κ3) is 2.43. The van der Waals surface area contributed by atoms with E-state index in [0.29, 0.717) is 0 Å². The van der Waals surface area contributed by atoms with Crippen LogP contribution in [0.4, 0.5) is 5.69 Å². The Balaban J connectivity index is 1.63. The van der Waals surface area contributed by atoms with Crippen LogP contribution in [0.15, 0.2) is 60.7 Å². The lowest BCUT2D eigenvalue weighted by molar-refractivity contribution is 0.949. The molecule has 1 aliphatic rings. The first-order chi connectivity index (χ1) is 11.2. The number of benzene rings is 3. The molecule has 0 heterocycles. The van der Waals surface area contributed by atoms with Gasteiger partial charge in [0.15, 0.2) is 0 Å². The fourth-order valence-corrected chi connectivity index (χ4v) is 3.66. The minimum Gasteiger partial charge on any atom is -0.398 e. The van der Waals surface area contributed by atoms with Gasteiger partial charge >= 0.3 is 0 Å². The summed E-state index contributed by atoms with van der Waals surface area (Å²) in [6, 6.07) is 21.7. The van der Waals surface area contributed by atoms with Gasteiger partial charge in [-0.05, 0) is 58.7 Å². The number of hydrogen-bond donors (Lipinski definition) is 1. The van der Waals surface area contributed by atoms with Crippen LogP contribution < -0.4 is 5.73 Å². The first kappa shape index (κ1) is 14.1. The van der Waals surface area contributed by atoms with Crippen LogP contribution >= 0.6 is 0 Å². The van der Waals surface area contributed by atoms with E-state index in [1.807, 2.05) is 0 Å². The van der Waals surface area contributed by atoms with Gasteiger partial charge in [0, 0.05) is 12.1 Å². The molecule has 0 bridgehead atoms. The Labute approximate surface area is 137 Å². The molecule has 0 aromatic heterocycles. The maximum atomic E-state index is 6.52. The molecule has 0 unspecified atom stereocenters. The molecule has 1 aliphatic carbocycles. The fourth-order valence-electron chi connectivity index (χ4n) is 3.66. The summed E-state index contributed by atoms with van der Waals surface area (Å²) in [4.78, 5) is 0. The maximum Gasteiger partial charge on any atom is 0.0388 e. The number of nitrogens with two attached hydrogens (primary N) is 1. The van der Waals surface area contributed by atoms with E-state index in [-0.39, 0.29) is 0 Å². The first-order valence-corrected chi connectivity index (χ1v) is 8.27. The highest BCUT2D eigenvalue weighted by atomic mass is 14.6. The van der Waals surface area contributed by atoms with Gasteiger partial charge in [0.25, 0.3) is 0 Å². The van der Waals surface area contributed by atoms with E-state index in [4.69, 9.17) is 5.73 Å². The SMILES string of the molecule is Cc1ccccc1CCc1ccc2c(c1N)Cc1ccccc1-2. The zero-order valence-corrected chi connectivity index (χ0v) is 13.5. The van der Waals surface area contributed by atoms with Crippen LogP contribution in [0.25, 0.3) is 11.1 Å². The summed E-state index contributed by atoms with van der Waals surface area (Å²) in [6.45, 7) is 2.18. The molecule has 0 saturated heterocycles. The number of nitrogen functional groups attached to an aromatic ring is 1. The summed E-state index contributed by atoms with van der Waals surface area (Å²) in [7, 11) is 0. The molecule has 0 atom stereocenters. The largest absolute Gasteiger partial charge is 0.398 e. The van der Waals surface area contributed by atoms with Gasteiger partial charge in [-0.2, -0.15) is 0 Å². The van der Waals surface area contributed by atoms with E-state index in [9.17, 15) is 0 Å². The normalized spacial score (nSPS) is 12.0. The Morgan fingerprint density at radius 1 is 0.783 bits per heavy atom. The third-order valence-electron chi connectivity index (χ3n) is 5.05. The molecule has 0 amide bonds. The monoisotopic (exact) mass is 299 g/mol. The smallest absolute Gasteiger partial charge is 0.0388 e. The average Bonchev–Trinajstić information content (AvgIpc) is 2.95. The summed E-state index contributed by atoms with van der Waals surface area (Å²) in [6.07, 6.45) is 3.01. The number of fused-ring (bicyclic) bond motifs is 3. The molecule has 3 aromatic carbocycles. The van der Waals surface area contributed by atoms with Gasteiger partial charge in [-0.15, -0.1) is 0 Å². The summed E-state index contributed by atoms with van der Waals surface area (Å²) >= 11 is 0. The van der Waals surface area contributed by atoms with Gasteiger partial charge in [0.2, 0.25) is 0 Å². The van der Waals surface area contributed by atoms with Crippen molar-refractivity contribution in [1.82, 2.24) is 0 Å². The van der Waals surface area contributed by atoms with Crippen molar-refractivity contribution in [2.45, 2.75) is 26.2 Å². The molecular weight excluding hydrogens is 278 g/mol. The van der Waals surface area contributed by atoms with Gasteiger partial charge in [0.05, 0.1) is 0 Å². The molecule has 0 spiro atoms. The lowest BCUT2D eigenvalue weighted by Crippen LogP contribution is -2.02.